The Morgan fingerprint density at radius 1 is 1.38 bits per heavy atom. The van der Waals surface area contributed by atoms with Crippen LogP contribution in [0.15, 0.2) is 35.0 Å². The maximum atomic E-state index is 12.9. The summed E-state index contributed by atoms with van der Waals surface area (Å²) in [6.07, 6.45) is 5.00. The fourth-order valence-electron chi connectivity index (χ4n) is 4.21. The Morgan fingerprint density at radius 3 is 2.96 bits per heavy atom. The first-order valence-corrected chi connectivity index (χ1v) is 8.98. The van der Waals surface area contributed by atoms with Gasteiger partial charge in [-0.05, 0) is 32.3 Å². The number of ether oxygens (including phenoxy) is 2. The molecule has 0 unspecified atom stereocenters. The van der Waals surface area contributed by atoms with Gasteiger partial charge in [-0.15, -0.1) is 0 Å². The molecule has 0 radical (unpaired) electrons. The number of likely N-dealkylation sites (tertiary alicyclic amines) is 1. The molecular weight excluding hydrogens is 334 g/mol. The Balaban J connectivity index is 1.53. The zero-order chi connectivity index (χ0) is 18.1. The van der Waals surface area contributed by atoms with Crippen LogP contribution in [0.4, 0.5) is 0 Å². The number of fused-ring (bicyclic) bond motifs is 1. The van der Waals surface area contributed by atoms with Gasteiger partial charge < -0.3 is 18.9 Å². The number of methoxy groups -OCH3 is 1. The Labute approximate surface area is 152 Å². The van der Waals surface area contributed by atoms with Crippen molar-refractivity contribution in [3.63, 3.8) is 0 Å². The molecule has 7 heteroatoms. The van der Waals surface area contributed by atoms with Gasteiger partial charge >= 0.3 is 0 Å². The van der Waals surface area contributed by atoms with Crippen LogP contribution in [0.25, 0.3) is 0 Å². The van der Waals surface area contributed by atoms with E-state index in [4.69, 9.17) is 14.0 Å². The monoisotopic (exact) mass is 357 g/mol. The Hall–Kier alpha value is -2.41. The number of aromatic nitrogens is 2. The normalized spacial score (nSPS) is 28.0. The van der Waals surface area contributed by atoms with Crippen molar-refractivity contribution in [3.05, 3.63) is 41.9 Å². The molecule has 3 atom stereocenters. The molecule has 0 N–H and O–H groups in total. The van der Waals surface area contributed by atoms with E-state index in [2.05, 4.69) is 10.1 Å². The van der Waals surface area contributed by atoms with Gasteiger partial charge in [-0.1, -0.05) is 11.2 Å². The molecule has 0 bridgehead atoms. The van der Waals surface area contributed by atoms with Crippen molar-refractivity contribution in [1.29, 1.82) is 0 Å². The van der Waals surface area contributed by atoms with E-state index >= 15 is 0 Å². The zero-order valence-corrected chi connectivity index (χ0v) is 15.1. The second-order valence-electron chi connectivity index (χ2n) is 7.04. The lowest BCUT2D eigenvalue weighted by atomic mass is 9.79. The third-order valence-corrected chi connectivity index (χ3v) is 5.57. The molecule has 7 nitrogen and oxygen atoms in total. The molecule has 0 aromatic carbocycles. The van der Waals surface area contributed by atoms with Crippen molar-refractivity contribution in [2.24, 2.45) is 0 Å². The lowest BCUT2D eigenvalue weighted by Crippen LogP contribution is -2.53. The van der Waals surface area contributed by atoms with Gasteiger partial charge in [0.2, 0.25) is 5.88 Å². The van der Waals surface area contributed by atoms with Crippen LogP contribution in [0.3, 0.4) is 0 Å². The van der Waals surface area contributed by atoms with Crippen LogP contribution in [0.1, 0.15) is 41.9 Å². The number of amides is 1. The average Bonchev–Trinajstić information content (AvgIpc) is 3.26. The molecule has 2 fully saturated rings. The van der Waals surface area contributed by atoms with Crippen LogP contribution >= 0.6 is 0 Å². The highest BCUT2D eigenvalue weighted by molar-refractivity contribution is 5.92. The molecule has 1 aliphatic carbocycles. The number of carbonyl (C=O) groups excluding carboxylic acids is 1. The quantitative estimate of drug-likeness (QED) is 0.837. The first kappa shape index (κ1) is 17.0. The minimum absolute atomic E-state index is 0.00520. The smallest absolute Gasteiger partial charge is 0.276 e. The van der Waals surface area contributed by atoms with Crippen molar-refractivity contribution in [1.82, 2.24) is 15.0 Å². The van der Waals surface area contributed by atoms with Crippen molar-refractivity contribution in [3.8, 4) is 5.88 Å². The van der Waals surface area contributed by atoms with Gasteiger partial charge in [-0.3, -0.25) is 4.79 Å². The number of nitrogens with zero attached hydrogens (tertiary/aromatic N) is 3. The summed E-state index contributed by atoms with van der Waals surface area (Å²) in [5.41, 5.74) is 0.0421. The fraction of sp³-hybridized carbons (Fsp3) is 0.526. The average molecular weight is 357 g/mol. The van der Waals surface area contributed by atoms with Crippen LogP contribution in [0.5, 0.6) is 5.88 Å². The SMILES string of the molecule is CO[C@@]12CC[C@@H](Oc3ccccn3)C[C@@H]1N(C(=O)c1cc(C)on1)CC2. The molecule has 1 saturated heterocycles. The van der Waals surface area contributed by atoms with Crippen LogP contribution in [0.2, 0.25) is 0 Å². The van der Waals surface area contributed by atoms with E-state index in [1.165, 1.54) is 0 Å². The fourth-order valence-corrected chi connectivity index (χ4v) is 4.21. The molecule has 3 heterocycles. The Kier molecular flexibility index (Phi) is 4.40. The molecule has 4 rings (SSSR count). The van der Waals surface area contributed by atoms with Gasteiger partial charge in [0.15, 0.2) is 5.69 Å². The van der Waals surface area contributed by atoms with Crippen LogP contribution in [0, 0.1) is 6.92 Å². The third kappa shape index (κ3) is 2.96. The van der Waals surface area contributed by atoms with E-state index in [1.807, 2.05) is 23.1 Å². The number of pyridine rings is 1. The molecule has 138 valence electrons. The van der Waals surface area contributed by atoms with Crippen LogP contribution < -0.4 is 4.74 Å². The lowest BCUT2D eigenvalue weighted by molar-refractivity contribution is -0.0789. The topological polar surface area (TPSA) is 77.7 Å². The first-order chi connectivity index (χ1) is 12.6. The summed E-state index contributed by atoms with van der Waals surface area (Å²) in [4.78, 5) is 19.0. The standard InChI is InChI=1S/C19H23N3O4/c1-13-11-15(21-26-13)18(23)22-10-8-19(24-2)7-6-14(12-16(19)22)25-17-5-3-4-9-20-17/h3-5,9,11,14,16H,6-8,10,12H2,1-2H3/t14-,16+,19-/m1/s1. The minimum atomic E-state index is -0.307. The largest absolute Gasteiger partial charge is 0.474 e. The summed E-state index contributed by atoms with van der Waals surface area (Å²) in [5.74, 6) is 1.14. The number of aryl methyl sites for hydroxylation is 1. The van der Waals surface area contributed by atoms with E-state index in [0.717, 1.165) is 19.3 Å². The number of hydrogen-bond acceptors (Lipinski definition) is 6. The molecule has 2 aliphatic rings. The van der Waals surface area contributed by atoms with Gasteiger partial charge in [0, 0.05) is 38.4 Å². The van der Waals surface area contributed by atoms with Gasteiger partial charge in [0.05, 0.1) is 11.6 Å². The predicted molar refractivity (Wildman–Crippen MR) is 92.9 cm³/mol. The molecule has 1 amide bonds. The summed E-state index contributed by atoms with van der Waals surface area (Å²) in [6, 6.07) is 7.26. The second-order valence-corrected chi connectivity index (χ2v) is 7.04. The van der Waals surface area contributed by atoms with Crippen LogP contribution in [-0.4, -0.2) is 52.3 Å². The summed E-state index contributed by atoms with van der Waals surface area (Å²) in [6.45, 7) is 2.43. The number of rotatable bonds is 4. The summed E-state index contributed by atoms with van der Waals surface area (Å²) in [7, 11) is 1.74. The minimum Gasteiger partial charge on any atom is -0.474 e. The molecular formula is C19H23N3O4. The third-order valence-electron chi connectivity index (χ3n) is 5.57. The van der Waals surface area contributed by atoms with Gasteiger partial charge in [0.1, 0.15) is 11.9 Å². The Bertz CT molecular complexity index is 778. The summed E-state index contributed by atoms with van der Waals surface area (Å²) in [5, 5.41) is 3.88. The highest BCUT2D eigenvalue weighted by Gasteiger charge is 2.53. The predicted octanol–water partition coefficient (Wildman–Crippen LogP) is 2.61. The summed E-state index contributed by atoms with van der Waals surface area (Å²) >= 11 is 0. The van der Waals surface area contributed by atoms with E-state index in [0.29, 0.717) is 30.3 Å². The van der Waals surface area contributed by atoms with Gasteiger partial charge in [-0.25, -0.2) is 4.98 Å². The van der Waals surface area contributed by atoms with Crippen LogP contribution in [-0.2, 0) is 4.74 Å². The summed E-state index contributed by atoms with van der Waals surface area (Å²) < 4.78 is 17.0. The van der Waals surface area contributed by atoms with Crippen molar-refractivity contribution in [2.75, 3.05) is 13.7 Å². The molecule has 1 aliphatic heterocycles. The highest BCUT2D eigenvalue weighted by Crippen LogP contribution is 2.43. The molecule has 2 aromatic heterocycles. The lowest BCUT2D eigenvalue weighted by Gasteiger charge is -2.43. The molecule has 1 saturated carbocycles. The molecule has 2 aromatic rings. The maximum absolute atomic E-state index is 12.9. The molecule has 0 spiro atoms. The highest BCUT2D eigenvalue weighted by atomic mass is 16.5. The van der Waals surface area contributed by atoms with Crippen molar-refractivity contribution >= 4 is 5.91 Å². The maximum Gasteiger partial charge on any atom is 0.276 e. The number of carbonyl (C=O) groups is 1. The van der Waals surface area contributed by atoms with E-state index in [9.17, 15) is 4.79 Å². The second kappa shape index (κ2) is 6.72. The molecule has 26 heavy (non-hydrogen) atoms. The first-order valence-electron chi connectivity index (χ1n) is 8.98. The van der Waals surface area contributed by atoms with E-state index < -0.39 is 0 Å². The van der Waals surface area contributed by atoms with E-state index in [-0.39, 0.29) is 23.7 Å². The van der Waals surface area contributed by atoms with Crippen molar-refractivity contribution < 1.29 is 18.8 Å². The Morgan fingerprint density at radius 2 is 2.27 bits per heavy atom. The van der Waals surface area contributed by atoms with Gasteiger partial charge in [-0.2, -0.15) is 0 Å². The zero-order valence-electron chi connectivity index (χ0n) is 15.1. The number of hydrogen-bond donors (Lipinski definition) is 0. The van der Waals surface area contributed by atoms with Crippen molar-refractivity contribution in [2.45, 2.75) is 50.4 Å². The van der Waals surface area contributed by atoms with Gasteiger partial charge in [0.25, 0.3) is 5.91 Å². The van der Waals surface area contributed by atoms with E-state index in [1.54, 1.807) is 26.3 Å².